The van der Waals surface area contributed by atoms with Crippen molar-refractivity contribution >= 4 is 117 Å². The molecule has 13 aromatic rings. The zero-order chi connectivity index (χ0) is 37.9. The predicted molar refractivity (Wildman–Crippen MR) is 256 cm³/mol. The first kappa shape index (κ1) is 32.3. The van der Waals surface area contributed by atoms with Crippen LogP contribution in [0.25, 0.3) is 128 Å². The second kappa shape index (κ2) is 12.3. The molecule has 0 saturated heterocycles. The van der Waals surface area contributed by atoms with Crippen LogP contribution in [0.1, 0.15) is 0 Å². The van der Waals surface area contributed by atoms with Gasteiger partial charge in [0.1, 0.15) is 0 Å². The molecule has 0 aliphatic carbocycles. The van der Waals surface area contributed by atoms with Crippen LogP contribution in [0.5, 0.6) is 0 Å². The van der Waals surface area contributed by atoms with E-state index in [0.29, 0.717) is 0 Å². The van der Waals surface area contributed by atoms with Crippen LogP contribution in [0.15, 0.2) is 194 Å². The topological polar surface area (TPSA) is 0 Å². The van der Waals surface area contributed by atoms with Crippen molar-refractivity contribution in [1.82, 2.24) is 0 Å². The van der Waals surface area contributed by atoms with Crippen molar-refractivity contribution < 1.29 is 0 Å². The quantitative estimate of drug-likeness (QED) is 0.157. The van der Waals surface area contributed by atoms with Gasteiger partial charge < -0.3 is 0 Å². The Bertz CT molecular complexity index is 3800. The Morgan fingerprint density at radius 1 is 0.259 bits per heavy atom. The van der Waals surface area contributed by atoms with Crippen LogP contribution in [-0.2, 0) is 0 Å². The summed E-state index contributed by atoms with van der Waals surface area (Å²) >= 11 is 3.83. The minimum absolute atomic E-state index is 1.24. The summed E-state index contributed by atoms with van der Waals surface area (Å²) in [5.41, 5.74) is 7.60. The van der Waals surface area contributed by atoms with Crippen LogP contribution in [0.3, 0.4) is 0 Å². The molecule has 0 bridgehead atoms. The molecule has 13 rings (SSSR count). The highest BCUT2D eigenvalue weighted by atomic mass is 32.1. The Hall–Kier alpha value is -6.84. The molecule has 0 atom stereocenters. The fraction of sp³-hybridized carbons (Fsp3) is 0. The third kappa shape index (κ3) is 4.68. The molecule has 2 heterocycles. The van der Waals surface area contributed by atoms with E-state index in [4.69, 9.17) is 0 Å². The van der Waals surface area contributed by atoms with E-state index in [1.54, 1.807) is 0 Å². The van der Waals surface area contributed by atoms with Crippen LogP contribution in [0, 0.1) is 0 Å². The summed E-state index contributed by atoms with van der Waals surface area (Å²) in [5.74, 6) is 0. The van der Waals surface area contributed by atoms with Gasteiger partial charge in [-0.2, -0.15) is 0 Å². The fourth-order valence-electron chi connectivity index (χ4n) is 9.79. The molecule has 0 aliphatic rings. The molecule has 0 saturated carbocycles. The summed E-state index contributed by atoms with van der Waals surface area (Å²) in [6.45, 7) is 0. The third-order valence-electron chi connectivity index (χ3n) is 12.4. The lowest BCUT2D eigenvalue weighted by molar-refractivity contribution is 1.67. The molecule has 11 aromatic carbocycles. The third-order valence-corrected chi connectivity index (χ3v) is 14.7. The van der Waals surface area contributed by atoms with Crippen molar-refractivity contribution in [2.75, 3.05) is 0 Å². The highest BCUT2D eigenvalue weighted by molar-refractivity contribution is 7.28. The number of hydrogen-bond donors (Lipinski definition) is 0. The van der Waals surface area contributed by atoms with Crippen molar-refractivity contribution in [3.05, 3.63) is 194 Å². The van der Waals surface area contributed by atoms with Gasteiger partial charge in [-0.1, -0.05) is 164 Å². The molecule has 2 aromatic heterocycles. The Morgan fingerprint density at radius 3 is 1.50 bits per heavy atom. The van der Waals surface area contributed by atoms with Gasteiger partial charge in [-0.3, -0.25) is 0 Å². The molecule has 0 fully saturated rings. The zero-order valence-electron chi connectivity index (χ0n) is 31.3. The predicted octanol–water partition coefficient (Wildman–Crippen LogP) is 17.2. The second-order valence-electron chi connectivity index (χ2n) is 15.5. The molecule has 2 heteroatoms. The average Bonchev–Trinajstić information content (AvgIpc) is 3.86. The minimum atomic E-state index is 1.24. The van der Waals surface area contributed by atoms with E-state index in [2.05, 4.69) is 194 Å². The Morgan fingerprint density at radius 2 is 0.759 bits per heavy atom. The van der Waals surface area contributed by atoms with Gasteiger partial charge in [-0.05, 0) is 118 Å². The van der Waals surface area contributed by atoms with Crippen molar-refractivity contribution in [3.63, 3.8) is 0 Å². The molecule has 0 nitrogen and oxygen atoms in total. The van der Waals surface area contributed by atoms with Crippen molar-refractivity contribution in [3.8, 4) is 33.4 Å². The van der Waals surface area contributed by atoms with Crippen molar-refractivity contribution in [1.29, 1.82) is 0 Å². The van der Waals surface area contributed by atoms with E-state index < -0.39 is 0 Å². The number of fused-ring (bicyclic) bond motifs is 13. The lowest BCUT2D eigenvalue weighted by atomic mass is 9.84. The molecule has 58 heavy (non-hydrogen) atoms. The van der Waals surface area contributed by atoms with Crippen molar-refractivity contribution in [2.24, 2.45) is 0 Å². The molecular formula is C56H32S2. The molecule has 0 spiro atoms. The lowest BCUT2D eigenvalue weighted by Gasteiger charge is -2.19. The molecular weight excluding hydrogens is 737 g/mol. The van der Waals surface area contributed by atoms with Gasteiger partial charge in [-0.25, -0.2) is 0 Å². The van der Waals surface area contributed by atoms with E-state index in [1.807, 2.05) is 22.7 Å². The Labute approximate surface area is 342 Å². The standard InChI is InChI=1S/C56H32S2/c1-3-13-40-33(10-1)12-9-19-42(40)53-45-17-7-5-15-43(45)52(44-16-6-8-18-46(44)53)39-23-22-35-30-36(20-21-37(35)31-39)38-25-26-47-51(32-38)57-49-28-29-50-55(54(47)49)48-27-24-34-11-2-4-14-41(34)56(48)58-50/h1-32H. The van der Waals surface area contributed by atoms with E-state index in [0.717, 1.165) is 0 Å². The maximum Gasteiger partial charge on any atom is 0.0434 e. The zero-order valence-corrected chi connectivity index (χ0v) is 32.9. The van der Waals surface area contributed by atoms with E-state index >= 15 is 0 Å². The summed E-state index contributed by atoms with van der Waals surface area (Å²) in [6, 6.07) is 72.5. The number of thiophene rings is 2. The van der Waals surface area contributed by atoms with Gasteiger partial charge in [0.2, 0.25) is 0 Å². The van der Waals surface area contributed by atoms with Gasteiger partial charge in [-0.15, -0.1) is 22.7 Å². The Balaban J connectivity index is 0.937. The van der Waals surface area contributed by atoms with E-state index in [1.165, 1.54) is 128 Å². The first-order valence-electron chi connectivity index (χ1n) is 19.9. The maximum absolute atomic E-state index is 2.40. The first-order chi connectivity index (χ1) is 28.7. The minimum Gasteiger partial charge on any atom is -0.135 e. The highest BCUT2D eigenvalue weighted by Crippen LogP contribution is 2.48. The van der Waals surface area contributed by atoms with Crippen LogP contribution < -0.4 is 0 Å². The number of rotatable bonds is 3. The van der Waals surface area contributed by atoms with Crippen LogP contribution >= 0.6 is 22.7 Å². The fourth-order valence-corrected chi connectivity index (χ4v) is 12.2. The van der Waals surface area contributed by atoms with E-state index in [9.17, 15) is 0 Å². The molecule has 0 amide bonds. The normalized spacial score (nSPS) is 12.1. The summed E-state index contributed by atoms with van der Waals surface area (Å²) in [7, 11) is 0. The summed E-state index contributed by atoms with van der Waals surface area (Å²) < 4.78 is 5.43. The molecule has 0 N–H and O–H groups in total. The van der Waals surface area contributed by atoms with E-state index in [-0.39, 0.29) is 0 Å². The monoisotopic (exact) mass is 768 g/mol. The second-order valence-corrected chi connectivity index (χ2v) is 17.7. The highest BCUT2D eigenvalue weighted by Gasteiger charge is 2.19. The molecule has 268 valence electrons. The molecule has 0 unspecified atom stereocenters. The number of hydrogen-bond acceptors (Lipinski definition) is 2. The SMILES string of the molecule is c1ccc2c(-c3c4ccccc4c(-c4ccc5cc(-c6ccc7c(c6)sc6ccc8sc9c%10ccccc%10ccc9c8c67)ccc5c4)c4ccccc34)cccc2c1. The van der Waals surface area contributed by atoms with Crippen LogP contribution in [0.4, 0.5) is 0 Å². The maximum atomic E-state index is 2.40. The van der Waals surface area contributed by atoms with Gasteiger partial charge in [0.05, 0.1) is 0 Å². The van der Waals surface area contributed by atoms with Crippen LogP contribution in [-0.4, -0.2) is 0 Å². The summed E-state index contributed by atoms with van der Waals surface area (Å²) in [4.78, 5) is 0. The molecule has 0 radical (unpaired) electrons. The Kier molecular flexibility index (Phi) is 6.86. The number of benzene rings is 11. The molecule has 0 aliphatic heterocycles. The summed E-state index contributed by atoms with van der Waals surface area (Å²) in [6.07, 6.45) is 0. The van der Waals surface area contributed by atoms with Gasteiger partial charge in [0.25, 0.3) is 0 Å². The van der Waals surface area contributed by atoms with Gasteiger partial charge in [0.15, 0.2) is 0 Å². The van der Waals surface area contributed by atoms with Gasteiger partial charge in [0, 0.05) is 40.3 Å². The smallest absolute Gasteiger partial charge is 0.0434 e. The first-order valence-corrected chi connectivity index (χ1v) is 21.5. The largest absolute Gasteiger partial charge is 0.135 e. The average molecular weight is 769 g/mol. The lowest BCUT2D eigenvalue weighted by Crippen LogP contribution is -1.91. The summed E-state index contributed by atoms with van der Waals surface area (Å²) in [5, 5.41) is 18.3. The van der Waals surface area contributed by atoms with Crippen LogP contribution in [0.2, 0.25) is 0 Å². The van der Waals surface area contributed by atoms with Gasteiger partial charge >= 0.3 is 0 Å². The van der Waals surface area contributed by atoms with Crippen molar-refractivity contribution in [2.45, 2.75) is 0 Å².